The van der Waals surface area contributed by atoms with Gasteiger partial charge in [0.05, 0.1) is 0 Å². The van der Waals surface area contributed by atoms with Gasteiger partial charge in [-0.05, 0) is 55.6 Å². The van der Waals surface area contributed by atoms with Crippen LogP contribution in [0.2, 0.25) is 5.02 Å². The smallest absolute Gasteiger partial charge is 0.0409 e. The van der Waals surface area contributed by atoms with Crippen molar-refractivity contribution in [3.05, 3.63) is 34.9 Å². The average molecular weight is 195 g/mol. The number of piperidine rings is 1. The Morgan fingerprint density at radius 2 is 2.15 bits per heavy atom. The molecule has 1 N–H and O–H groups in total. The van der Waals surface area contributed by atoms with Crippen LogP contribution in [0.3, 0.4) is 0 Å². The highest BCUT2D eigenvalue weighted by Crippen LogP contribution is 2.26. The molecule has 1 fully saturated rings. The van der Waals surface area contributed by atoms with E-state index in [4.69, 9.17) is 11.6 Å². The second-order valence-electron chi connectivity index (χ2n) is 3.49. The van der Waals surface area contributed by atoms with Crippen molar-refractivity contribution >= 4 is 11.6 Å². The molecule has 69 valence electrons. The van der Waals surface area contributed by atoms with Gasteiger partial charge in [-0.25, -0.2) is 0 Å². The zero-order chi connectivity index (χ0) is 9.10. The first-order valence-electron chi connectivity index (χ1n) is 4.74. The van der Waals surface area contributed by atoms with Crippen LogP contribution in [0.15, 0.2) is 18.2 Å². The van der Waals surface area contributed by atoms with Crippen LogP contribution in [-0.4, -0.2) is 13.1 Å². The van der Waals surface area contributed by atoms with E-state index < -0.39 is 0 Å². The van der Waals surface area contributed by atoms with E-state index in [2.05, 4.69) is 11.4 Å². The molecule has 0 atom stereocenters. The Hall–Kier alpha value is -0.530. The molecule has 1 nitrogen and oxygen atoms in total. The summed E-state index contributed by atoms with van der Waals surface area (Å²) in [6.45, 7) is 2.23. The molecule has 13 heavy (non-hydrogen) atoms. The molecule has 2 heteroatoms. The van der Waals surface area contributed by atoms with Crippen LogP contribution in [0.4, 0.5) is 0 Å². The monoisotopic (exact) mass is 194 g/mol. The van der Waals surface area contributed by atoms with Crippen LogP contribution in [0, 0.1) is 6.07 Å². The van der Waals surface area contributed by atoms with E-state index >= 15 is 0 Å². The summed E-state index contributed by atoms with van der Waals surface area (Å²) in [5.74, 6) is 0.653. The summed E-state index contributed by atoms with van der Waals surface area (Å²) < 4.78 is 0. The Bertz CT molecular complexity index is 279. The fourth-order valence-corrected chi connectivity index (χ4v) is 2.01. The summed E-state index contributed by atoms with van der Waals surface area (Å²) in [4.78, 5) is 0. The lowest BCUT2D eigenvalue weighted by atomic mass is 9.90. The van der Waals surface area contributed by atoms with Crippen molar-refractivity contribution in [3.63, 3.8) is 0 Å². The minimum Gasteiger partial charge on any atom is -0.317 e. The van der Waals surface area contributed by atoms with Crippen molar-refractivity contribution in [1.82, 2.24) is 5.32 Å². The number of nitrogens with one attached hydrogen (secondary N) is 1. The maximum atomic E-state index is 5.93. The van der Waals surface area contributed by atoms with Gasteiger partial charge in [0.2, 0.25) is 0 Å². The number of rotatable bonds is 1. The van der Waals surface area contributed by atoms with Crippen molar-refractivity contribution in [2.75, 3.05) is 13.1 Å². The molecular formula is C11H13ClN. The van der Waals surface area contributed by atoms with E-state index in [1.54, 1.807) is 0 Å². The minimum absolute atomic E-state index is 0.653. The maximum absolute atomic E-state index is 5.93. The van der Waals surface area contributed by atoms with Gasteiger partial charge in [-0.3, -0.25) is 0 Å². The van der Waals surface area contributed by atoms with Crippen molar-refractivity contribution in [2.24, 2.45) is 0 Å². The molecular weight excluding hydrogens is 182 g/mol. The molecule has 1 heterocycles. The first-order chi connectivity index (χ1) is 6.36. The van der Waals surface area contributed by atoms with Crippen LogP contribution in [0.5, 0.6) is 0 Å². The Kier molecular flexibility index (Phi) is 2.87. The van der Waals surface area contributed by atoms with Crippen molar-refractivity contribution < 1.29 is 0 Å². The molecule has 0 unspecified atom stereocenters. The van der Waals surface area contributed by atoms with E-state index in [1.807, 2.05) is 18.2 Å². The van der Waals surface area contributed by atoms with E-state index in [1.165, 1.54) is 18.4 Å². The lowest BCUT2D eigenvalue weighted by molar-refractivity contribution is 0.460. The molecule has 0 aromatic heterocycles. The van der Waals surface area contributed by atoms with E-state index in [0.717, 1.165) is 18.1 Å². The molecule has 0 bridgehead atoms. The van der Waals surface area contributed by atoms with Gasteiger partial charge in [0.1, 0.15) is 0 Å². The number of halogens is 1. The van der Waals surface area contributed by atoms with Gasteiger partial charge in [-0.15, -0.1) is 0 Å². The number of benzene rings is 1. The van der Waals surface area contributed by atoms with Crippen molar-refractivity contribution in [3.8, 4) is 0 Å². The lowest BCUT2D eigenvalue weighted by Crippen LogP contribution is -2.26. The maximum Gasteiger partial charge on any atom is 0.0409 e. The summed E-state index contributed by atoms with van der Waals surface area (Å²) in [6, 6.07) is 9.10. The zero-order valence-corrected chi connectivity index (χ0v) is 8.27. The predicted octanol–water partition coefficient (Wildman–Crippen LogP) is 2.61. The van der Waals surface area contributed by atoms with Gasteiger partial charge in [0.25, 0.3) is 0 Å². The van der Waals surface area contributed by atoms with Gasteiger partial charge < -0.3 is 5.32 Å². The second-order valence-corrected chi connectivity index (χ2v) is 3.92. The first kappa shape index (κ1) is 9.04. The Morgan fingerprint density at radius 3 is 2.85 bits per heavy atom. The fourth-order valence-electron chi connectivity index (χ4n) is 1.82. The third-order valence-corrected chi connectivity index (χ3v) is 2.80. The molecule has 0 aliphatic carbocycles. The fraction of sp³-hybridized carbons (Fsp3) is 0.455. The molecule has 2 rings (SSSR count). The quantitative estimate of drug-likeness (QED) is 0.725. The Balaban J connectivity index is 2.14. The predicted molar refractivity (Wildman–Crippen MR) is 55.1 cm³/mol. The molecule has 1 aliphatic rings. The van der Waals surface area contributed by atoms with Crippen molar-refractivity contribution in [2.45, 2.75) is 18.8 Å². The van der Waals surface area contributed by atoms with Crippen LogP contribution in [0.25, 0.3) is 0 Å². The topological polar surface area (TPSA) is 12.0 Å². The highest BCUT2D eigenvalue weighted by atomic mass is 35.5. The largest absolute Gasteiger partial charge is 0.317 e. The molecule has 1 aliphatic heterocycles. The van der Waals surface area contributed by atoms with Crippen LogP contribution in [0.1, 0.15) is 24.3 Å². The van der Waals surface area contributed by atoms with Gasteiger partial charge >= 0.3 is 0 Å². The first-order valence-corrected chi connectivity index (χ1v) is 5.12. The summed E-state index contributed by atoms with van der Waals surface area (Å²) in [7, 11) is 0. The summed E-state index contributed by atoms with van der Waals surface area (Å²) in [6.07, 6.45) is 2.41. The molecule has 1 radical (unpaired) electrons. The molecule has 1 aromatic rings. The average Bonchev–Trinajstić information content (AvgIpc) is 2.19. The summed E-state index contributed by atoms with van der Waals surface area (Å²) in [5.41, 5.74) is 1.27. The molecule has 0 amide bonds. The molecule has 0 spiro atoms. The van der Waals surface area contributed by atoms with Crippen LogP contribution >= 0.6 is 11.6 Å². The summed E-state index contributed by atoms with van der Waals surface area (Å²) >= 11 is 5.93. The summed E-state index contributed by atoms with van der Waals surface area (Å²) in [5, 5.41) is 4.18. The number of hydrogen-bond donors (Lipinski definition) is 1. The molecule has 1 aromatic carbocycles. The molecule has 1 saturated heterocycles. The molecule has 0 saturated carbocycles. The van der Waals surface area contributed by atoms with E-state index in [9.17, 15) is 0 Å². The van der Waals surface area contributed by atoms with Crippen LogP contribution in [-0.2, 0) is 0 Å². The van der Waals surface area contributed by atoms with Gasteiger partial charge in [0, 0.05) is 5.02 Å². The highest BCUT2D eigenvalue weighted by Gasteiger charge is 2.14. The normalized spacial score (nSPS) is 18.8. The standard InChI is InChI=1S/C11H13ClN/c12-11-3-1-2-10(8-11)9-4-6-13-7-5-9/h1,3,8-9,13H,4-7H2. The van der Waals surface area contributed by atoms with E-state index in [0.29, 0.717) is 5.92 Å². The lowest BCUT2D eigenvalue weighted by Gasteiger charge is -2.22. The van der Waals surface area contributed by atoms with Crippen molar-refractivity contribution in [1.29, 1.82) is 0 Å². The third-order valence-electron chi connectivity index (χ3n) is 2.56. The minimum atomic E-state index is 0.653. The Labute approximate surface area is 84.1 Å². The van der Waals surface area contributed by atoms with Gasteiger partial charge in [-0.1, -0.05) is 17.7 Å². The SMILES string of the molecule is Clc1cc[c]c(C2CCNCC2)c1. The Morgan fingerprint density at radius 1 is 1.38 bits per heavy atom. The second kappa shape index (κ2) is 4.12. The number of hydrogen-bond acceptors (Lipinski definition) is 1. The highest BCUT2D eigenvalue weighted by molar-refractivity contribution is 6.30. The van der Waals surface area contributed by atoms with Crippen LogP contribution < -0.4 is 5.32 Å². The van der Waals surface area contributed by atoms with Gasteiger partial charge in [-0.2, -0.15) is 0 Å². The van der Waals surface area contributed by atoms with E-state index in [-0.39, 0.29) is 0 Å². The third kappa shape index (κ3) is 2.23. The zero-order valence-electron chi connectivity index (χ0n) is 7.52. The van der Waals surface area contributed by atoms with Gasteiger partial charge in [0.15, 0.2) is 0 Å².